The van der Waals surface area contributed by atoms with E-state index in [0.717, 1.165) is 49.2 Å². The number of aromatic nitrogens is 2. The summed E-state index contributed by atoms with van der Waals surface area (Å²) in [6.45, 7) is 1.60. The molecule has 128 valence electrons. The minimum Gasteiger partial charge on any atom is -0.335 e. The molecule has 1 aromatic heterocycles. The number of carbonyl (C=O) groups excluding carboxylic acids is 1. The van der Waals surface area contributed by atoms with E-state index in [1.54, 1.807) is 0 Å². The smallest absolute Gasteiger partial charge is 0.317 e. The molecule has 1 unspecified atom stereocenters. The summed E-state index contributed by atoms with van der Waals surface area (Å²) in [5.41, 5.74) is 2.21. The van der Waals surface area contributed by atoms with Gasteiger partial charge in [-0.15, -0.1) is 0 Å². The molecule has 5 heteroatoms. The molecule has 1 aromatic carbocycles. The third-order valence-electron chi connectivity index (χ3n) is 5.60. The van der Waals surface area contributed by atoms with Crippen LogP contribution in [0.2, 0.25) is 0 Å². The lowest BCUT2D eigenvalue weighted by atomic mass is 9.96. The van der Waals surface area contributed by atoms with Gasteiger partial charge in [0, 0.05) is 32.1 Å². The zero-order valence-electron chi connectivity index (χ0n) is 14.4. The molecule has 1 aliphatic carbocycles. The van der Waals surface area contributed by atoms with Crippen LogP contribution in [0.1, 0.15) is 50.3 Å². The number of nitrogens with zero attached hydrogens (tertiary/aromatic N) is 3. The summed E-state index contributed by atoms with van der Waals surface area (Å²) in [4.78, 5) is 19.3. The van der Waals surface area contributed by atoms with Gasteiger partial charge in [0.15, 0.2) is 0 Å². The normalized spacial score (nSPS) is 22.2. The van der Waals surface area contributed by atoms with Gasteiger partial charge in [0.25, 0.3) is 0 Å². The van der Waals surface area contributed by atoms with Gasteiger partial charge in [-0.1, -0.05) is 31.4 Å². The van der Waals surface area contributed by atoms with E-state index in [2.05, 4.69) is 29.1 Å². The molecule has 1 N–H and O–H groups in total. The van der Waals surface area contributed by atoms with Crippen LogP contribution in [-0.2, 0) is 7.05 Å². The number of likely N-dealkylation sites (tertiary alicyclic amines) is 1. The number of rotatable bonds is 2. The lowest BCUT2D eigenvalue weighted by Crippen LogP contribution is -2.44. The number of fused-ring (bicyclic) bond motifs is 1. The summed E-state index contributed by atoms with van der Waals surface area (Å²) in [5, 5.41) is 3.23. The van der Waals surface area contributed by atoms with Gasteiger partial charge < -0.3 is 14.8 Å². The molecule has 0 radical (unpaired) electrons. The van der Waals surface area contributed by atoms with Crippen molar-refractivity contribution in [2.24, 2.45) is 7.05 Å². The second-order valence-corrected chi connectivity index (χ2v) is 7.23. The average Bonchev–Trinajstić information content (AvgIpc) is 3.21. The molecule has 5 nitrogen and oxygen atoms in total. The molecule has 1 saturated carbocycles. The third kappa shape index (κ3) is 2.87. The standard InChI is InChI=1S/C19H26N4O/c1-22-17-10-6-5-9-16(17)21-18(22)14-11-12-23(13-14)19(24)20-15-7-3-2-4-8-15/h5-6,9-10,14-15H,2-4,7-8,11-13H2,1H3,(H,20,24). The number of urea groups is 1. The molecule has 24 heavy (non-hydrogen) atoms. The molecule has 2 heterocycles. The zero-order valence-corrected chi connectivity index (χ0v) is 14.4. The topological polar surface area (TPSA) is 50.2 Å². The van der Waals surface area contributed by atoms with Crippen LogP contribution >= 0.6 is 0 Å². The highest BCUT2D eigenvalue weighted by molar-refractivity contribution is 5.76. The minimum absolute atomic E-state index is 0.114. The Kier molecular flexibility index (Phi) is 4.17. The Morgan fingerprint density at radius 1 is 1.17 bits per heavy atom. The number of aryl methyl sites for hydroxylation is 1. The van der Waals surface area contributed by atoms with Crippen molar-refractivity contribution in [1.29, 1.82) is 0 Å². The number of imidazole rings is 1. The quantitative estimate of drug-likeness (QED) is 0.919. The van der Waals surface area contributed by atoms with Crippen molar-refractivity contribution in [3.63, 3.8) is 0 Å². The Hall–Kier alpha value is -2.04. The predicted octanol–water partition coefficient (Wildman–Crippen LogP) is 3.40. The Morgan fingerprint density at radius 3 is 2.75 bits per heavy atom. The Labute approximate surface area is 143 Å². The maximum Gasteiger partial charge on any atom is 0.317 e. The molecule has 0 spiro atoms. The first-order valence-electron chi connectivity index (χ1n) is 9.19. The Morgan fingerprint density at radius 2 is 1.96 bits per heavy atom. The number of carbonyl (C=O) groups is 1. The van der Waals surface area contributed by atoms with Gasteiger partial charge in [-0.05, 0) is 31.4 Å². The fourth-order valence-electron chi connectivity index (χ4n) is 4.20. The van der Waals surface area contributed by atoms with Gasteiger partial charge in [-0.3, -0.25) is 0 Å². The first-order chi connectivity index (χ1) is 11.7. The summed E-state index contributed by atoms with van der Waals surface area (Å²) in [7, 11) is 2.08. The van der Waals surface area contributed by atoms with E-state index in [-0.39, 0.29) is 6.03 Å². The number of hydrogen-bond acceptors (Lipinski definition) is 2. The van der Waals surface area contributed by atoms with Crippen molar-refractivity contribution in [3.8, 4) is 0 Å². The van der Waals surface area contributed by atoms with E-state index in [9.17, 15) is 4.79 Å². The van der Waals surface area contributed by atoms with Crippen molar-refractivity contribution < 1.29 is 4.79 Å². The average molecular weight is 326 g/mol. The minimum atomic E-state index is 0.114. The maximum absolute atomic E-state index is 12.5. The van der Waals surface area contributed by atoms with Gasteiger partial charge in [-0.2, -0.15) is 0 Å². The first-order valence-corrected chi connectivity index (χ1v) is 9.19. The van der Waals surface area contributed by atoms with Crippen molar-refractivity contribution in [2.75, 3.05) is 13.1 Å². The summed E-state index contributed by atoms with van der Waals surface area (Å²) in [6.07, 6.45) is 7.06. The number of benzene rings is 1. The Balaban J connectivity index is 1.43. The number of amides is 2. The van der Waals surface area contributed by atoms with Crippen LogP contribution in [0, 0.1) is 0 Å². The molecule has 2 fully saturated rings. The van der Waals surface area contributed by atoms with Crippen molar-refractivity contribution >= 4 is 17.1 Å². The van der Waals surface area contributed by atoms with E-state index in [1.165, 1.54) is 19.3 Å². The van der Waals surface area contributed by atoms with Gasteiger partial charge in [0.1, 0.15) is 5.82 Å². The van der Waals surface area contributed by atoms with E-state index >= 15 is 0 Å². The van der Waals surface area contributed by atoms with Crippen LogP contribution in [0.25, 0.3) is 11.0 Å². The molecular formula is C19H26N4O. The summed E-state index contributed by atoms with van der Waals surface area (Å²) < 4.78 is 2.18. The van der Waals surface area contributed by atoms with Crippen LogP contribution in [0.5, 0.6) is 0 Å². The van der Waals surface area contributed by atoms with Gasteiger partial charge in [0.2, 0.25) is 0 Å². The molecule has 2 aliphatic rings. The first kappa shape index (κ1) is 15.5. The van der Waals surface area contributed by atoms with E-state index < -0.39 is 0 Å². The van der Waals surface area contributed by atoms with Crippen LogP contribution in [0.15, 0.2) is 24.3 Å². The molecule has 1 aliphatic heterocycles. The van der Waals surface area contributed by atoms with Crippen LogP contribution in [0.3, 0.4) is 0 Å². The van der Waals surface area contributed by atoms with E-state index in [4.69, 9.17) is 4.98 Å². The second kappa shape index (κ2) is 6.46. The maximum atomic E-state index is 12.5. The van der Waals surface area contributed by atoms with Gasteiger partial charge in [-0.25, -0.2) is 9.78 Å². The molecule has 4 rings (SSSR count). The highest BCUT2D eigenvalue weighted by Crippen LogP contribution is 2.29. The van der Waals surface area contributed by atoms with Crippen LogP contribution in [0.4, 0.5) is 4.79 Å². The lowest BCUT2D eigenvalue weighted by molar-refractivity contribution is 0.200. The fraction of sp³-hybridized carbons (Fsp3) is 0.579. The number of hydrogen-bond donors (Lipinski definition) is 1. The highest BCUT2D eigenvalue weighted by Gasteiger charge is 2.31. The molecule has 0 bridgehead atoms. The van der Waals surface area contributed by atoms with Gasteiger partial charge in [0.05, 0.1) is 11.0 Å². The SMILES string of the molecule is Cn1c(C2CCN(C(=O)NC3CCCCC3)C2)nc2ccccc21. The summed E-state index contributed by atoms with van der Waals surface area (Å²) >= 11 is 0. The van der Waals surface area contributed by atoms with Crippen molar-refractivity contribution in [2.45, 2.75) is 50.5 Å². The molecular weight excluding hydrogens is 300 g/mol. The molecule has 2 aromatic rings. The Bertz CT molecular complexity index is 732. The highest BCUT2D eigenvalue weighted by atomic mass is 16.2. The fourth-order valence-corrected chi connectivity index (χ4v) is 4.20. The predicted molar refractivity (Wildman–Crippen MR) is 95.0 cm³/mol. The monoisotopic (exact) mass is 326 g/mol. The molecule has 1 saturated heterocycles. The van der Waals surface area contributed by atoms with E-state index in [1.807, 2.05) is 17.0 Å². The van der Waals surface area contributed by atoms with Gasteiger partial charge >= 0.3 is 6.03 Å². The zero-order chi connectivity index (χ0) is 16.5. The third-order valence-corrected chi connectivity index (χ3v) is 5.60. The van der Waals surface area contributed by atoms with Crippen LogP contribution in [-0.4, -0.2) is 39.6 Å². The second-order valence-electron chi connectivity index (χ2n) is 7.23. The lowest BCUT2D eigenvalue weighted by Gasteiger charge is -2.26. The largest absolute Gasteiger partial charge is 0.335 e. The van der Waals surface area contributed by atoms with Crippen LogP contribution < -0.4 is 5.32 Å². The van der Waals surface area contributed by atoms with E-state index in [0.29, 0.717) is 12.0 Å². The van der Waals surface area contributed by atoms with Crippen molar-refractivity contribution in [1.82, 2.24) is 19.8 Å². The van der Waals surface area contributed by atoms with Crippen molar-refractivity contribution in [3.05, 3.63) is 30.1 Å². The summed E-state index contributed by atoms with van der Waals surface area (Å²) in [5.74, 6) is 1.43. The number of para-hydroxylation sites is 2. The molecule has 1 atom stereocenters. The summed E-state index contributed by atoms with van der Waals surface area (Å²) in [6, 6.07) is 8.73. The number of nitrogens with one attached hydrogen (secondary N) is 1. The molecule has 2 amide bonds.